The molecule has 3 heteroatoms. The summed E-state index contributed by atoms with van der Waals surface area (Å²) >= 11 is 0. The fourth-order valence-electron chi connectivity index (χ4n) is 3.29. The van der Waals surface area contributed by atoms with Crippen LogP contribution in [0.3, 0.4) is 0 Å². The van der Waals surface area contributed by atoms with E-state index in [1.165, 1.54) is 36.9 Å². The minimum Gasteiger partial charge on any atom is -0.384 e. The first-order valence-electron chi connectivity index (χ1n) is 7.71. The summed E-state index contributed by atoms with van der Waals surface area (Å²) in [6.07, 6.45) is 5.16. The van der Waals surface area contributed by atoms with Crippen molar-refractivity contribution in [3.63, 3.8) is 0 Å². The fourth-order valence-corrected chi connectivity index (χ4v) is 3.29. The zero-order valence-electron chi connectivity index (χ0n) is 12.9. The molecule has 20 heavy (non-hydrogen) atoms. The normalized spacial score (nSPS) is 15.8. The molecule has 0 radical (unpaired) electrons. The highest BCUT2D eigenvalue weighted by molar-refractivity contribution is 6.01. The molecule has 0 spiro atoms. The van der Waals surface area contributed by atoms with E-state index in [0.717, 1.165) is 12.1 Å². The molecule has 3 nitrogen and oxygen atoms in total. The van der Waals surface area contributed by atoms with E-state index in [9.17, 15) is 0 Å². The Labute approximate surface area is 122 Å². The molecular weight excluding hydrogens is 246 g/mol. The summed E-state index contributed by atoms with van der Waals surface area (Å²) in [4.78, 5) is 2.52. The monoisotopic (exact) mass is 273 g/mol. The van der Waals surface area contributed by atoms with Crippen LogP contribution in [0.4, 0.5) is 5.69 Å². The molecule has 1 fully saturated rings. The summed E-state index contributed by atoms with van der Waals surface area (Å²) < 4.78 is 0. The first kappa shape index (κ1) is 14.9. The number of hydrogen-bond donors (Lipinski definition) is 2. The number of rotatable bonds is 5. The van der Waals surface area contributed by atoms with Crippen molar-refractivity contribution in [1.29, 1.82) is 5.41 Å². The number of anilines is 1. The van der Waals surface area contributed by atoms with E-state index in [2.05, 4.69) is 31.7 Å². The Kier molecular flexibility index (Phi) is 4.69. The van der Waals surface area contributed by atoms with Crippen molar-refractivity contribution in [2.45, 2.75) is 52.5 Å². The molecule has 0 aromatic heterocycles. The maximum Gasteiger partial charge on any atom is 0.124 e. The average molecular weight is 273 g/mol. The Morgan fingerprint density at radius 2 is 2.00 bits per heavy atom. The van der Waals surface area contributed by atoms with E-state index in [1.54, 1.807) is 0 Å². The molecule has 0 amide bonds. The van der Waals surface area contributed by atoms with Gasteiger partial charge < -0.3 is 10.6 Å². The van der Waals surface area contributed by atoms with Crippen molar-refractivity contribution in [3.05, 3.63) is 29.3 Å². The van der Waals surface area contributed by atoms with E-state index in [1.807, 2.05) is 12.1 Å². The molecule has 1 aromatic rings. The van der Waals surface area contributed by atoms with Gasteiger partial charge in [0.1, 0.15) is 5.84 Å². The topological polar surface area (TPSA) is 53.1 Å². The van der Waals surface area contributed by atoms with Crippen LogP contribution in [0.1, 0.15) is 50.7 Å². The molecule has 110 valence electrons. The smallest absolute Gasteiger partial charge is 0.124 e. The molecule has 0 aliphatic heterocycles. The number of nitrogens with one attached hydrogen (secondary N) is 1. The second-order valence-corrected chi connectivity index (χ2v) is 6.37. The van der Waals surface area contributed by atoms with Gasteiger partial charge in [0.25, 0.3) is 0 Å². The molecule has 1 aliphatic rings. The molecule has 3 N–H and O–H groups in total. The van der Waals surface area contributed by atoms with Crippen LogP contribution in [0.25, 0.3) is 0 Å². The second-order valence-electron chi connectivity index (χ2n) is 6.37. The molecule has 0 saturated heterocycles. The van der Waals surface area contributed by atoms with E-state index in [4.69, 9.17) is 11.1 Å². The van der Waals surface area contributed by atoms with Crippen LogP contribution in [0, 0.1) is 18.3 Å². The van der Waals surface area contributed by atoms with Crippen LogP contribution in [0.2, 0.25) is 0 Å². The second kappa shape index (κ2) is 6.29. The highest BCUT2D eigenvalue weighted by Crippen LogP contribution is 2.33. The van der Waals surface area contributed by atoms with Crippen LogP contribution in [-0.2, 0) is 0 Å². The van der Waals surface area contributed by atoms with Crippen molar-refractivity contribution < 1.29 is 0 Å². The van der Waals surface area contributed by atoms with Gasteiger partial charge in [-0.2, -0.15) is 0 Å². The Balaban J connectivity index is 2.44. The third-order valence-electron chi connectivity index (χ3n) is 4.14. The molecule has 0 atom stereocenters. The predicted molar refractivity (Wildman–Crippen MR) is 86.6 cm³/mol. The van der Waals surface area contributed by atoms with Gasteiger partial charge in [0.15, 0.2) is 0 Å². The maximum atomic E-state index is 7.87. The maximum absolute atomic E-state index is 7.87. The van der Waals surface area contributed by atoms with Crippen molar-refractivity contribution in [2.75, 3.05) is 11.4 Å². The number of nitrogen functional groups attached to an aromatic ring is 1. The predicted octanol–water partition coefficient (Wildman–Crippen LogP) is 3.68. The molecule has 1 aliphatic carbocycles. The highest BCUT2D eigenvalue weighted by atomic mass is 15.2. The Morgan fingerprint density at radius 1 is 1.35 bits per heavy atom. The quantitative estimate of drug-likeness (QED) is 0.635. The van der Waals surface area contributed by atoms with E-state index < -0.39 is 0 Å². The first-order valence-corrected chi connectivity index (χ1v) is 7.71. The van der Waals surface area contributed by atoms with Crippen LogP contribution in [0.15, 0.2) is 18.2 Å². The van der Waals surface area contributed by atoms with Crippen molar-refractivity contribution in [3.8, 4) is 0 Å². The van der Waals surface area contributed by atoms with Crippen LogP contribution >= 0.6 is 0 Å². The number of nitrogens with two attached hydrogens (primary N) is 1. The Hall–Kier alpha value is -1.51. The standard InChI is InChI=1S/C17H27N3/c1-12(2)11-20(14-8-4-5-9-14)16-13(3)7-6-10-15(16)17(18)19/h6-7,10,12,14H,4-5,8-9,11H2,1-3H3,(H3,18,19). The minimum atomic E-state index is 0.176. The molecule has 0 heterocycles. The van der Waals surface area contributed by atoms with Crippen molar-refractivity contribution >= 4 is 11.5 Å². The SMILES string of the molecule is Cc1cccc(C(=N)N)c1N(CC(C)C)C1CCCC1. The van der Waals surface area contributed by atoms with Gasteiger partial charge in [-0.25, -0.2) is 0 Å². The number of aryl methyl sites for hydroxylation is 1. The number of para-hydroxylation sites is 1. The molecular formula is C17H27N3. The number of nitrogens with zero attached hydrogens (tertiary/aromatic N) is 1. The highest BCUT2D eigenvalue weighted by Gasteiger charge is 2.26. The van der Waals surface area contributed by atoms with Gasteiger partial charge in [0.05, 0.1) is 5.69 Å². The van der Waals surface area contributed by atoms with E-state index >= 15 is 0 Å². The largest absolute Gasteiger partial charge is 0.384 e. The molecule has 0 bridgehead atoms. The summed E-state index contributed by atoms with van der Waals surface area (Å²) in [7, 11) is 0. The van der Waals surface area contributed by atoms with Gasteiger partial charge in [0, 0.05) is 18.2 Å². The molecule has 1 saturated carbocycles. The van der Waals surface area contributed by atoms with Crippen LogP contribution < -0.4 is 10.6 Å². The first-order chi connectivity index (χ1) is 9.50. The minimum absolute atomic E-state index is 0.176. The van der Waals surface area contributed by atoms with E-state index in [-0.39, 0.29) is 5.84 Å². The Morgan fingerprint density at radius 3 is 2.55 bits per heavy atom. The van der Waals surface area contributed by atoms with Gasteiger partial charge in [0.2, 0.25) is 0 Å². The molecule has 2 rings (SSSR count). The Bertz CT molecular complexity index is 473. The summed E-state index contributed by atoms with van der Waals surface area (Å²) in [5.41, 5.74) is 9.10. The van der Waals surface area contributed by atoms with Gasteiger partial charge >= 0.3 is 0 Å². The van der Waals surface area contributed by atoms with Gasteiger partial charge in [-0.05, 0) is 37.3 Å². The third-order valence-corrected chi connectivity index (χ3v) is 4.14. The lowest BCUT2D eigenvalue weighted by Gasteiger charge is -2.35. The van der Waals surface area contributed by atoms with Crippen LogP contribution in [-0.4, -0.2) is 18.4 Å². The molecule has 1 aromatic carbocycles. The van der Waals surface area contributed by atoms with Gasteiger partial charge in [-0.1, -0.05) is 38.8 Å². The number of amidine groups is 1. The van der Waals surface area contributed by atoms with E-state index in [0.29, 0.717) is 12.0 Å². The summed E-state index contributed by atoms with van der Waals surface area (Å²) in [5, 5.41) is 7.87. The van der Waals surface area contributed by atoms with Gasteiger partial charge in [-0.15, -0.1) is 0 Å². The third kappa shape index (κ3) is 3.14. The van der Waals surface area contributed by atoms with Crippen molar-refractivity contribution in [2.24, 2.45) is 11.7 Å². The van der Waals surface area contributed by atoms with Crippen molar-refractivity contribution in [1.82, 2.24) is 0 Å². The lowest BCUT2D eigenvalue weighted by Crippen LogP contribution is -2.38. The zero-order chi connectivity index (χ0) is 14.7. The summed E-state index contributed by atoms with van der Waals surface area (Å²) in [5.74, 6) is 0.783. The lowest BCUT2D eigenvalue weighted by atomic mass is 10.0. The summed E-state index contributed by atoms with van der Waals surface area (Å²) in [6.45, 7) is 7.68. The van der Waals surface area contributed by atoms with Crippen LogP contribution in [0.5, 0.6) is 0 Å². The molecule has 0 unspecified atom stereocenters. The number of hydrogen-bond acceptors (Lipinski definition) is 2. The number of benzene rings is 1. The summed E-state index contributed by atoms with van der Waals surface area (Å²) in [6, 6.07) is 6.71. The average Bonchev–Trinajstić information content (AvgIpc) is 2.89. The lowest BCUT2D eigenvalue weighted by molar-refractivity contribution is 0.535. The van der Waals surface area contributed by atoms with Gasteiger partial charge in [-0.3, -0.25) is 5.41 Å². The zero-order valence-corrected chi connectivity index (χ0v) is 12.9. The fraction of sp³-hybridized carbons (Fsp3) is 0.588.